The van der Waals surface area contributed by atoms with E-state index in [1.54, 1.807) is 6.07 Å². The fourth-order valence-electron chi connectivity index (χ4n) is 0.816. The molecule has 2 rings (SSSR count). The summed E-state index contributed by atoms with van der Waals surface area (Å²) < 4.78 is 0.217. The van der Waals surface area contributed by atoms with E-state index in [9.17, 15) is 4.79 Å². The van der Waals surface area contributed by atoms with Crippen LogP contribution in [-0.2, 0) is 0 Å². The molecule has 0 bridgehead atoms. The highest BCUT2D eigenvalue weighted by molar-refractivity contribution is 7.17. The molecule has 2 heterocycles. The average molecular weight is 242 g/mol. The van der Waals surface area contributed by atoms with Crippen molar-refractivity contribution < 1.29 is 4.79 Å². The van der Waals surface area contributed by atoms with Gasteiger partial charge >= 0.3 is 0 Å². The maximum atomic E-state index is 11.5. The second-order valence-electron chi connectivity index (χ2n) is 2.39. The lowest BCUT2D eigenvalue weighted by Gasteiger charge is -1.97. The minimum absolute atomic E-state index is 0.174. The number of hydrogen-bond donors (Lipinski definition) is 1. The standard InChI is InChI=1S/C7H4ClN5OS/c8-6-13-12-5(15-6)4(14)11-7-9-2-1-3-10-7/h1-3H,(H,9,10,11,14). The Morgan fingerprint density at radius 2 is 2.07 bits per heavy atom. The molecule has 0 fully saturated rings. The minimum atomic E-state index is -0.425. The Hall–Kier alpha value is -1.60. The van der Waals surface area contributed by atoms with Crippen LogP contribution in [0.25, 0.3) is 0 Å². The van der Waals surface area contributed by atoms with Crippen LogP contribution >= 0.6 is 22.9 Å². The van der Waals surface area contributed by atoms with Crippen LogP contribution in [0.2, 0.25) is 4.47 Å². The van der Waals surface area contributed by atoms with Crippen LogP contribution in [0.1, 0.15) is 9.80 Å². The molecule has 2 aromatic heterocycles. The third-order valence-corrected chi connectivity index (χ3v) is 2.40. The Bertz CT molecular complexity index is 473. The van der Waals surface area contributed by atoms with E-state index in [-0.39, 0.29) is 15.4 Å². The van der Waals surface area contributed by atoms with Crippen LogP contribution in [0.5, 0.6) is 0 Å². The molecule has 0 spiro atoms. The van der Waals surface area contributed by atoms with Crippen molar-refractivity contribution in [2.45, 2.75) is 0 Å². The van der Waals surface area contributed by atoms with Crippen LogP contribution in [0.15, 0.2) is 18.5 Å². The Kier molecular flexibility index (Phi) is 2.84. The van der Waals surface area contributed by atoms with Gasteiger partial charge in [0, 0.05) is 12.4 Å². The second-order valence-corrected chi connectivity index (χ2v) is 3.95. The van der Waals surface area contributed by atoms with Crippen molar-refractivity contribution in [1.82, 2.24) is 20.2 Å². The topological polar surface area (TPSA) is 80.7 Å². The number of aromatic nitrogens is 4. The molecule has 0 aliphatic carbocycles. The SMILES string of the molecule is O=C(Nc1ncccn1)c1nnc(Cl)s1. The molecule has 76 valence electrons. The molecule has 0 radical (unpaired) electrons. The van der Waals surface area contributed by atoms with Gasteiger partial charge in [0.2, 0.25) is 15.4 Å². The van der Waals surface area contributed by atoms with Gasteiger partial charge in [0.15, 0.2) is 0 Å². The third-order valence-electron chi connectivity index (χ3n) is 1.39. The molecule has 0 saturated heterocycles. The van der Waals surface area contributed by atoms with Crippen molar-refractivity contribution >= 4 is 34.8 Å². The number of amides is 1. The van der Waals surface area contributed by atoms with Gasteiger partial charge in [-0.1, -0.05) is 11.3 Å². The van der Waals surface area contributed by atoms with Gasteiger partial charge in [0.1, 0.15) is 0 Å². The normalized spacial score (nSPS) is 9.93. The number of carbonyl (C=O) groups excluding carboxylic acids is 1. The minimum Gasteiger partial charge on any atom is -0.288 e. The zero-order chi connectivity index (χ0) is 10.7. The molecule has 6 nitrogen and oxygen atoms in total. The molecule has 0 atom stereocenters. The maximum absolute atomic E-state index is 11.5. The molecule has 2 aromatic rings. The Balaban J connectivity index is 2.11. The molecule has 0 aromatic carbocycles. The van der Waals surface area contributed by atoms with Crippen LogP contribution in [-0.4, -0.2) is 26.1 Å². The third kappa shape index (κ3) is 2.45. The molecule has 1 N–H and O–H groups in total. The summed E-state index contributed by atoms with van der Waals surface area (Å²) in [7, 11) is 0. The summed E-state index contributed by atoms with van der Waals surface area (Å²) in [5.41, 5.74) is 0. The first-order valence-electron chi connectivity index (χ1n) is 3.83. The van der Waals surface area contributed by atoms with E-state index < -0.39 is 5.91 Å². The number of nitrogens with one attached hydrogen (secondary N) is 1. The van der Waals surface area contributed by atoms with E-state index in [0.717, 1.165) is 11.3 Å². The summed E-state index contributed by atoms with van der Waals surface area (Å²) in [6, 6.07) is 1.65. The van der Waals surface area contributed by atoms with Crippen LogP contribution in [0, 0.1) is 0 Å². The van der Waals surface area contributed by atoms with Crippen LogP contribution < -0.4 is 5.32 Å². The average Bonchev–Trinajstić information content (AvgIpc) is 2.66. The quantitative estimate of drug-likeness (QED) is 0.855. The van der Waals surface area contributed by atoms with E-state index >= 15 is 0 Å². The monoisotopic (exact) mass is 241 g/mol. The lowest BCUT2D eigenvalue weighted by molar-refractivity contribution is 0.102. The molecule has 0 saturated carbocycles. The van der Waals surface area contributed by atoms with E-state index in [1.807, 2.05) is 0 Å². The van der Waals surface area contributed by atoms with Gasteiger partial charge in [-0.2, -0.15) is 0 Å². The smallest absolute Gasteiger partial charge is 0.288 e. The number of carbonyl (C=O) groups is 1. The Labute approximate surface area is 93.4 Å². The maximum Gasteiger partial charge on any atom is 0.289 e. The molecular weight excluding hydrogens is 238 g/mol. The number of halogens is 1. The molecular formula is C7H4ClN5OS. The highest BCUT2D eigenvalue weighted by Crippen LogP contribution is 2.15. The number of anilines is 1. The van der Waals surface area contributed by atoms with Crippen molar-refractivity contribution in [2.75, 3.05) is 5.32 Å². The molecule has 0 aliphatic rings. The summed E-state index contributed by atoms with van der Waals surface area (Å²) in [5, 5.41) is 9.73. The summed E-state index contributed by atoms with van der Waals surface area (Å²) in [5.74, 6) is -0.209. The Morgan fingerprint density at radius 3 is 2.67 bits per heavy atom. The second kappa shape index (κ2) is 4.28. The predicted octanol–water partition coefficient (Wildman–Crippen LogP) is 1.23. The first kappa shape index (κ1) is 9.94. The molecule has 0 aliphatic heterocycles. The first-order valence-corrected chi connectivity index (χ1v) is 5.02. The van der Waals surface area contributed by atoms with Gasteiger partial charge in [0.05, 0.1) is 0 Å². The first-order chi connectivity index (χ1) is 7.25. The highest BCUT2D eigenvalue weighted by atomic mass is 35.5. The predicted molar refractivity (Wildman–Crippen MR) is 54.9 cm³/mol. The molecule has 8 heteroatoms. The number of rotatable bonds is 2. The van der Waals surface area contributed by atoms with E-state index in [0.29, 0.717) is 0 Å². The van der Waals surface area contributed by atoms with Gasteiger partial charge in [-0.3, -0.25) is 10.1 Å². The zero-order valence-corrected chi connectivity index (χ0v) is 8.79. The van der Waals surface area contributed by atoms with Crippen molar-refractivity contribution in [2.24, 2.45) is 0 Å². The van der Waals surface area contributed by atoms with Crippen molar-refractivity contribution in [3.8, 4) is 0 Å². The van der Waals surface area contributed by atoms with Gasteiger partial charge in [0.25, 0.3) is 5.91 Å². The zero-order valence-electron chi connectivity index (χ0n) is 7.22. The highest BCUT2D eigenvalue weighted by Gasteiger charge is 2.12. The Morgan fingerprint density at radius 1 is 1.33 bits per heavy atom. The summed E-state index contributed by atoms with van der Waals surface area (Å²) >= 11 is 6.53. The molecule has 1 amide bonds. The van der Waals surface area contributed by atoms with Crippen LogP contribution in [0.3, 0.4) is 0 Å². The lowest BCUT2D eigenvalue weighted by Crippen LogP contribution is -2.13. The molecule has 15 heavy (non-hydrogen) atoms. The van der Waals surface area contributed by atoms with Gasteiger partial charge in [-0.15, -0.1) is 10.2 Å². The van der Waals surface area contributed by atoms with E-state index in [1.165, 1.54) is 12.4 Å². The lowest BCUT2D eigenvalue weighted by atomic mass is 10.6. The number of nitrogens with zero attached hydrogens (tertiary/aromatic N) is 4. The van der Waals surface area contributed by atoms with Crippen LogP contribution in [0.4, 0.5) is 5.95 Å². The van der Waals surface area contributed by atoms with Crippen molar-refractivity contribution in [3.05, 3.63) is 27.9 Å². The van der Waals surface area contributed by atoms with E-state index in [4.69, 9.17) is 11.6 Å². The van der Waals surface area contributed by atoms with E-state index in [2.05, 4.69) is 25.5 Å². The molecule has 0 unspecified atom stereocenters. The summed E-state index contributed by atoms with van der Waals surface area (Å²) in [6.45, 7) is 0. The summed E-state index contributed by atoms with van der Waals surface area (Å²) in [6.07, 6.45) is 3.05. The van der Waals surface area contributed by atoms with Gasteiger partial charge < -0.3 is 0 Å². The fraction of sp³-hybridized carbons (Fsp3) is 0. The summed E-state index contributed by atoms with van der Waals surface area (Å²) in [4.78, 5) is 19.1. The fourth-order valence-corrected chi connectivity index (χ4v) is 1.54. The number of hydrogen-bond acceptors (Lipinski definition) is 6. The van der Waals surface area contributed by atoms with Crippen molar-refractivity contribution in [3.63, 3.8) is 0 Å². The largest absolute Gasteiger partial charge is 0.289 e. The van der Waals surface area contributed by atoms with Gasteiger partial charge in [-0.05, 0) is 17.7 Å². The van der Waals surface area contributed by atoms with Gasteiger partial charge in [-0.25, -0.2) is 9.97 Å². The van der Waals surface area contributed by atoms with Crippen molar-refractivity contribution in [1.29, 1.82) is 0 Å².